The molecule has 2 aromatic rings. The highest BCUT2D eigenvalue weighted by Crippen LogP contribution is 2.37. The molecule has 1 aromatic carbocycles. The summed E-state index contributed by atoms with van der Waals surface area (Å²) < 4.78 is 36.5. The van der Waals surface area contributed by atoms with Gasteiger partial charge in [-0.2, -0.15) is 0 Å². The lowest BCUT2D eigenvalue weighted by Gasteiger charge is -2.08. The van der Waals surface area contributed by atoms with E-state index in [4.69, 9.17) is 14.4 Å². The molecule has 2 rings (SSSR count). The van der Waals surface area contributed by atoms with Gasteiger partial charge in [-0.1, -0.05) is 5.16 Å². The van der Waals surface area contributed by atoms with Crippen molar-refractivity contribution in [3.63, 3.8) is 0 Å². The van der Waals surface area contributed by atoms with E-state index in [1.165, 1.54) is 7.11 Å². The first-order valence-electron chi connectivity index (χ1n) is 4.87. The average molecular weight is 334 g/mol. The van der Waals surface area contributed by atoms with Crippen LogP contribution in [-0.4, -0.2) is 23.3 Å². The first-order valence-corrected chi connectivity index (χ1v) is 5.67. The summed E-state index contributed by atoms with van der Waals surface area (Å²) in [7, 11) is 1.20. The molecular weight excluding hydrogens is 328 g/mol. The second-order valence-corrected chi connectivity index (χ2v) is 4.24. The number of benzene rings is 1. The molecule has 0 saturated carbocycles. The van der Waals surface area contributed by atoms with Crippen LogP contribution in [-0.2, 0) is 0 Å². The Bertz CT molecular complexity index is 656. The fourth-order valence-corrected chi connectivity index (χ4v) is 1.76. The van der Waals surface area contributed by atoms with E-state index < -0.39 is 17.6 Å². The van der Waals surface area contributed by atoms with Gasteiger partial charge in [-0.25, -0.2) is 13.6 Å². The number of ether oxygens (including phenoxy) is 1. The summed E-state index contributed by atoms with van der Waals surface area (Å²) in [5.74, 6) is -3.53. The van der Waals surface area contributed by atoms with Crippen molar-refractivity contribution in [2.45, 2.75) is 0 Å². The first kappa shape index (κ1) is 13.5. The van der Waals surface area contributed by atoms with Crippen LogP contribution in [0.4, 0.5) is 8.78 Å². The third-order valence-corrected chi connectivity index (χ3v) is 3.04. The van der Waals surface area contributed by atoms with Crippen molar-refractivity contribution in [1.29, 1.82) is 0 Å². The van der Waals surface area contributed by atoms with Gasteiger partial charge in [0, 0.05) is 6.07 Å². The van der Waals surface area contributed by atoms with Crippen molar-refractivity contribution in [3.05, 3.63) is 33.9 Å². The SMILES string of the molecule is COc1c(-c2cc(C(=O)O)no2)cc(F)c(Br)c1F. The zero-order valence-electron chi connectivity index (χ0n) is 9.41. The van der Waals surface area contributed by atoms with Crippen LogP contribution in [0.2, 0.25) is 0 Å². The number of aromatic carboxylic acids is 1. The number of rotatable bonds is 3. The molecule has 0 saturated heterocycles. The molecule has 0 radical (unpaired) electrons. The van der Waals surface area contributed by atoms with E-state index in [2.05, 4.69) is 21.1 Å². The van der Waals surface area contributed by atoms with Crippen molar-refractivity contribution < 1.29 is 27.9 Å². The molecule has 5 nitrogen and oxygen atoms in total. The van der Waals surface area contributed by atoms with Crippen molar-refractivity contribution in [3.8, 4) is 17.1 Å². The molecule has 0 fully saturated rings. The van der Waals surface area contributed by atoms with Gasteiger partial charge in [0.2, 0.25) is 0 Å². The lowest BCUT2D eigenvalue weighted by Crippen LogP contribution is -1.96. The maximum atomic E-state index is 13.8. The lowest BCUT2D eigenvalue weighted by atomic mass is 10.1. The number of carboxylic acids is 1. The monoisotopic (exact) mass is 333 g/mol. The van der Waals surface area contributed by atoms with Crippen molar-refractivity contribution >= 4 is 21.9 Å². The first-order chi connectivity index (χ1) is 8.95. The van der Waals surface area contributed by atoms with Crippen LogP contribution >= 0.6 is 15.9 Å². The number of nitrogens with zero attached hydrogens (tertiary/aromatic N) is 1. The predicted octanol–water partition coefficient (Wildman–Crippen LogP) is 3.09. The quantitative estimate of drug-likeness (QED) is 0.874. The zero-order chi connectivity index (χ0) is 14.2. The van der Waals surface area contributed by atoms with E-state index in [1.807, 2.05) is 0 Å². The fourth-order valence-electron chi connectivity index (χ4n) is 1.46. The number of aromatic nitrogens is 1. The summed E-state index contributed by atoms with van der Waals surface area (Å²) in [6, 6.07) is 2.01. The summed E-state index contributed by atoms with van der Waals surface area (Å²) in [6.07, 6.45) is 0. The molecule has 0 bridgehead atoms. The van der Waals surface area contributed by atoms with Crippen LogP contribution < -0.4 is 4.74 Å². The Kier molecular flexibility index (Phi) is 3.52. The number of hydrogen-bond acceptors (Lipinski definition) is 4. The molecule has 0 aliphatic rings. The van der Waals surface area contributed by atoms with Gasteiger partial charge >= 0.3 is 5.97 Å². The number of methoxy groups -OCH3 is 1. The van der Waals surface area contributed by atoms with Crippen molar-refractivity contribution in [2.24, 2.45) is 0 Å². The smallest absolute Gasteiger partial charge is 0.358 e. The molecule has 8 heteroatoms. The largest absolute Gasteiger partial charge is 0.493 e. The molecule has 0 aliphatic carbocycles. The Morgan fingerprint density at radius 2 is 2.16 bits per heavy atom. The van der Waals surface area contributed by atoms with Gasteiger partial charge in [0.1, 0.15) is 5.82 Å². The van der Waals surface area contributed by atoms with Crippen LogP contribution in [0.15, 0.2) is 21.1 Å². The molecule has 0 atom stereocenters. The normalized spacial score (nSPS) is 10.5. The topological polar surface area (TPSA) is 72.6 Å². The second-order valence-electron chi connectivity index (χ2n) is 3.45. The predicted molar refractivity (Wildman–Crippen MR) is 63.1 cm³/mol. The molecule has 0 unspecified atom stereocenters. The van der Waals surface area contributed by atoms with Gasteiger partial charge in [0.05, 0.1) is 17.1 Å². The summed E-state index contributed by atoms with van der Waals surface area (Å²) in [5.41, 5.74) is -0.443. The second kappa shape index (κ2) is 4.96. The minimum Gasteiger partial charge on any atom is -0.493 e. The van der Waals surface area contributed by atoms with E-state index in [0.29, 0.717) is 0 Å². The minimum absolute atomic E-state index is 0.0688. The van der Waals surface area contributed by atoms with Crippen LogP contribution in [0.5, 0.6) is 5.75 Å². The molecule has 1 aromatic heterocycles. The average Bonchev–Trinajstić information content (AvgIpc) is 2.85. The van der Waals surface area contributed by atoms with Gasteiger partial charge in [0.15, 0.2) is 23.0 Å². The standard InChI is InChI=1S/C11H6BrF2NO4/c1-18-10-4(2-5(13)8(12)9(10)14)7-3-6(11(16)17)15-19-7/h2-3H,1H3,(H,16,17). The Hall–Kier alpha value is -1.96. The Balaban J connectivity index is 2.63. The lowest BCUT2D eigenvalue weighted by molar-refractivity contribution is 0.0686. The van der Waals surface area contributed by atoms with Crippen LogP contribution in [0.1, 0.15) is 10.5 Å². The highest BCUT2D eigenvalue weighted by atomic mass is 79.9. The number of halogens is 3. The number of carboxylic acid groups (broad SMARTS) is 1. The molecular formula is C11H6BrF2NO4. The Morgan fingerprint density at radius 1 is 1.47 bits per heavy atom. The van der Waals surface area contributed by atoms with Gasteiger partial charge < -0.3 is 14.4 Å². The molecule has 19 heavy (non-hydrogen) atoms. The summed E-state index contributed by atoms with van der Waals surface area (Å²) in [5, 5.41) is 12.0. The van der Waals surface area contributed by atoms with E-state index in [9.17, 15) is 13.6 Å². The van der Waals surface area contributed by atoms with E-state index >= 15 is 0 Å². The van der Waals surface area contributed by atoms with Gasteiger partial charge in [-0.05, 0) is 22.0 Å². The zero-order valence-corrected chi connectivity index (χ0v) is 11.0. The minimum atomic E-state index is -1.31. The van der Waals surface area contributed by atoms with Gasteiger partial charge in [0.25, 0.3) is 0 Å². The van der Waals surface area contributed by atoms with Crippen LogP contribution in [0.3, 0.4) is 0 Å². The molecule has 0 spiro atoms. The number of carbonyl (C=O) groups is 1. The van der Waals surface area contributed by atoms with Crippen LogP contribution in [0, 0.1) is 11.6 Å². The van der Waals surface area contributed by atoms with E-state index in [-0.39, 0.29) is 27.2 Å². The van der Waals surface area contributed by atoms with E-state index in [0.717, 1.165) is 12.1 Å². The highest BCUT2D eigenvalue weighted by Gasteiger charge is 2.22. The van der Waals surface area contributed by atoms with Gasteiger partial charge in [-0.3, -0.25) is 0 Å². The summed E-state index contributed by atoms with van der Waals surface area (Å²) in [4.78, 5) is 10.7. The molecule has 1 N–H and O–H groups in total. The third-order valence-electron chi connectivity index (χ3n) is 2.32. The van der Waals surface area contributed by atoms with Crippen molar-refractivity contribution in [2.75, 3.05) is 7.11 Å². The molecule has 1 heterocycles. The highest BCUT2D eigenvalue weighted by molar-refractivity contribution is 9.10. The maximum absolute atomic E-state index is 13.8. The maximum Gasteiger partial charge on any atom is 0.358 e. The van der Waals surface area contributed by atoms with E-state index in [1.54, 1.807) is 0 Å². The van der Waals surface area contributed by atoms with Crippen molar-refractivity contribution in [1.82, 2.24) is 5.16 Å². The summed E-state index contributed by atoms with van der Waals surface area (Å²) in [6.45, 7) is 0. The molecule has 100 valence electrons. The molecule has 0 aliphatic heterocycles. The fraction of sp³-hybridized carbons (Fsp3) is 0.0909. The Morgan fingerprint density at radius 3 is 2.68 bits per heavy atom. The van der Waals surface area contributed by atoms with Crippen LogP contribution in [0.25, 0.3) is 11.3 Å². The third kappa shape index (κ3) is 2.30. The molecule has 0 amide bonds. The summed E-state index contributed by atoms with van der Waals surface area (Å²) >= 11 is 2.74. The Labute approximate surface area is 113 Å². The van der Waals surface area contributed by atoms with Gasteiger partial charge in [-0.15, -0.1) is 0 Å². The number of hydrogen-bond donors (Lipinski definition) is 1.